The van der Waals surface area contributed by atoms with Crippen LogP contribution in [0, 0.1) is 0 Å². The zero-order valence-electron chi connectivity index (χ0n) is 18.6. The van der Waals surface area contributed by atoms with Crippen LogP contribution in [0.4, 0.5) is 0 Å². The second kappa shape index (κ2) is 9.07. The van der Waals surface area contributed by atoms with Crippen LogP contribution in [0.5, 0.6) is 0 Å². The quantitative estimate of drug-likeness (QED) is 0.498. The first kappa shape index (κ1) is 21.3. The first-order valence-corrected chi connectivity index (χ1v) is 11.1. The van der Waals surface area contributed by atoms with Crippen LogP contribution < -0.4 is 0 Å². The molecule has 0 unspecified atom stereocenters. The number of carbonyl (C=O) groups is 1. The molecule has 1 heterocycles. The molecule has 1 aliphatic heterocycles. The van der Waals surface area contributed by atoms with E-state index in [9.17, 15) is 4.79 Å². The average Bonchev–Trinajstić information content (AvgIpc) is 3.10. The highest BCUT2D eigenvalue weighted by Crippen LogP contribution is 2.40. The summed E-state index contributed by atoms with van der Waals surface area (Å²) >= 11 is 0. The minimum absolute atomic E-state index is 0.0557. The molecule has 1 saturated heterocycles. The number of carbonyl (C=O) groups excluding carboxylic acids is 1. The van der Waals surface area contributed by atoms with Gasteiger partial charge in [0.25, 0.3) is 0 Å². The fourth-order valence-electron chi connectivity index (χ4n) is 4.78. The van der Waals surface area contributed by atoms with Gasteiger partial charge in [-0.3, -0.25) is 4.79 Å². The lowest BCUT2D eigenvalue weighted by Gasteiger charge is -2.38. The molecular weight excluding hydrogens is 382 g/mol. The van der Waals surface area contributed by atoms with E-state index in [1.165, 1.54) is 16.7 Å². The van der Waals surface area contributed by atoms with E-state index >= 15 is 0 Å². The van der Waals surface area contributed by atoms with E-state index in [0.717, 1.165) is 0 Å². The molecule has 0 spiro atoms. The van der Waals surface area contributed by atoms with Crippen molar-refractivity contribution < 1.29 is 9.53 Å². The standard InChI is InChI=1S/C28H31NO2/c1-21(22-13-7-4-8-14-22)19-26(30)29-25(20-31-28(29,2)3)27(23-15-9-5-10-16-23)24-17-11-6-12-18-24/h4-18,21,25,27H,19-20H2,1-3H3/t21-,25-/m1/s1. The van der Waals surface area contributed by atoms with Gasteiger partial charge in [-0.05, 0) is 36.5 Å². The molecule has 3 aromatic carbocycles. The Balaban J connectivity index is 1.67. The van der Waals surface area contributed by atoms with Crippen LogP contribution >= 0.6 is 0 Å². The molecule has 2 atom stereocenters. The van der Waals surface area contributed by atoms with E-state index in [0.29, 0.717) is 13.0 Å². The van der Waals surface area contributed by atoms with E-state index in [1.807, 2.05) is 49.1 Å². The predicted molar refractivity (Wildman–Crippen MR) is 125 cm³/mol. The monoisotopic (exact) mass is 413 g/mol. The molecule has 4 rings (SSSR count). The van der Waals surface area contributed by atoms with Crippen LogP contribution in [0.2, 0.25) is 0 Å². The van der Waals surface area contributed by atoms with Crippen molar-refractivity contribution in [3.63, 3.8) is 0 Å². The summed E-state index contributed by atoms with van der Waals surface area (Å²) in [5.74, 6) is 0.346. The molecule has 0 bridgehead atoms. The van der Waals surface area contributed by atoms with Crippen molar-refractivity contribution >= 4 is 5.91 Å². The largest absolute Gasteiger partial charge is 0.354 e. The first-order valence-electron chi connectivity index (χ1n) is 11.1. The zero-order valence-corrected chi connectivity index (χ0v) is 18.6. The number of amides is 1. The molecule has 1 aliphatic rings. The van der Waals surface area contributed by atoms with Crippen LogP contribution in [0.1, 0.15) is 55.7 Å². The molecule has 31 heavy (non-hydrogen) atoms. The van der Waals surface area contributed by atoms with Gasteiger partial charge in [0.2, 0.25) is 5.91 Å². The van der Waals surface area contributed by atoms with Gasteiger partial charge in [0, 0.05) is 12.3 Å². The Morgan fingerprint density at radius 1 is 0.871 bits per heavy atom. The summed E-state index contributed by atoms with van der Waals surface area (Å²) in [5, 5.41) is 0. The Morgan fingerprint density at radius 3 is 1.81 bits per heavy atom. The summed E-state index contributed by atoms with van der Waals surface area (Å²) in [7, 11) is 0. The topological polar surface area (TPSA) is 29.5 Å². The molecule has 3 heteroatoms. The fraction of sp³-hybridized carbons (Fsp3) is 0.321. The molecule has 3 nitrogen and oxygen atoms in total. The number of nitrogens with zero attached hydrogens (tertiary/aromatic N) is 1. The lowest BCUT2D eigenvalue weighted by Crippen LogP contribution is -2.50. The average molecular weight is 414 g/mol. The maximum atomic E-state index is 13.7. The van der Waals surface area contributed by atoms with Gasteiger partial charge in [0.15, 0.2) is 0 Å². The van der Waals surface area contributed by atoms with Gasteiger partial charge < -0.3 is 9.64 Å². The van der Waals surface area contributed by atoms with Crippen LogP contribution in [-0.4, -0.2) is 29.2 Å². The van der Waals surface area contributed by atoms with Crippen molar-refractivity contribution in [2.75, 3.05) is 6.61 Å². The number of benzene rings is 3. The summed E-state index contributed by atoms with van der Waals surface area (Å²) in [5.41, 5.74) is 2.95. The number of rotatable bonds is 6. The summed E-state index contributed by atoms with van der Waals surface area (Å²) < 4.78 is 6.20. The molecule has 160 valence electrons. The number of ether oxygens (including phenoxy) is 1. The van der Waals surface area contributed by atoms with Crippen molar-refractivity contribution in [3.05, 3.63) is 108 Å². The van der Waals surface area contributed by atoms with E-state index in [2.05, 4.69) is 67.6 Å². The van der Waals surface area contributed by atoms with Crippen molar-refractivity contribution in [1.82, 2.24) is 4.90 Å². The van der Waals surface area contributed by atoms with Gasteiger partial charge in [-0.1, -0.05) is 97.9 Å². The van der Waals surface area contributed by atoms with Crippen LogP contribution in [0.25, 0.3) is 0 Å². The number of hydrogen-bond acceptors (Lipinski definition) is 2. The maximum Gasteiger partial charge on any atom is 0.225 e. The highest BCUT2D eigenvalue weighted by atomic mass is 16.5. The molecule has 1 fully saturated rings. The Bertz CT molecular complexity index is 946. The second-order valence-electron chi connectivity index (χ2n) is 8.90. The van der Waals surface area contributed by atoms with E-state index in [1.54, 1.807) is 0 Å². The van der Waals surface area contributed by atoms with Gasteiger partial charge in [0.05, 0.1) is 12.6 Å². The second-order valence-corrected chi connectivity index (χ2v) is 8.90. The molecule has 0 radical (unpaired) electrons. The molecule has 0 aliphatic carbocycles. The van der Waals surface area contributed by atoms with Gasteiger partial charge >= 0.3 is 0 Å². The van der Waals surface area contributed by atoms with Gasteiger partial charge in [-0.2, -0.15) is 0 Å². The summed E-state index contributed by atoms with van der Waals surface area (Å²) in [6, 6.07) is 31.1. The lowest BCUT2D eigenvalue weighted by molar-refractivity contribution is -0.146. The van der Waals surface area contributed by atoms with Gasteiger partial charge in [-0.25, -0.2) is 0 Å². The van der Waals surface area contributed by atoms with Crippen molar-refractivity contribution in [1.29, 1.82) is 0 Å². The molecule has 0 saturated carbocycles. The normalized spacial score (nSPS) is 18.8. The minimum Gasteiger partial charge on any atom is -0.354 e. The molecule has 3 aromatic rings. The van der Waals surface area contributed by atoms with Crippen LogP contribution in [0.3, 0.4) is 0 Å². The predicted octanol–water partition coefficient (Wildman–Crippen LogP) is 5.98. The summed E-state index contributed by atoms with van der Waals surface area (Å²) in [6.07, 6.45) is 0.462. The number of hydrogen-bond donors (Lipinski definition) is 0. The molecule has 1 amide bonds. The third-order valence-electron chi connectivity index (χ3n) is 6.34. The van der Waals surface area contributed by atoms with Crippen molar-refractivity contribution in [3.8, 4) is 0 Å². The van der Waals surface area contributed by atoms with Crippen molar-refractivity contribution in [2.45, 2.75) is 50.8 Å². The highest BCUT2D eigenvalue weighted by molar-refractivity contribution is 5.78. The maximum absolute atomic E-state index is 13.7. The van der Waals surface area contributed by atoms with Crippen molar-refractivity contribution in [2.24, 2.45) is 0 Å². The third kappa shape index (κ3) is 4.57. The summed E-state index contributed by atoms with van der Waals surface area (Å²) in [6.45, 7) is 6.65. The smallest absolute Gasteiger partial charge is 0.225 e. The van der Waals surface area contributed by atoms with Gasteiger partial charge in [-0.15, -0.1) is 0 Å². The minimum atomic E-state index is -0.639. The summed E-state index contributed by atoms with van der Waals surface area (Å²) in [4.78, 5) is 15.7. The first-order chi connectivity index (χ1) is 15.0. The Labute approximate surface area is 185 Å². The molecule has 0 aromatic heterocycles. The third-order valence-corrected chi connectivity index (χ3v) is 6.34. The Hall–Kier alpha value is -2.91. The molecular formula is C28H31NO2. The van der Waals surface area contributed by atoms with E-state index in [4.69, 9.17) is 4.74 Å². The Kier molecular flexibility index (Phi) is 6.24. The lowest BCUT2D eigenvalue weighted by atomic mass is 9.84. The SMILES string of the molecule is C[C@H](CC(=O)N1[C@@H](C(c2ccccc2)c2ccccc2)COC1(C)C)c1ccccc1. The van der Waals surface area contributed by atoms with Crippen LogP contribution in [0.15, 0.2) is 91.0 Å². The zero-order chi connectivity index (χ0) is 21.8. The van der Waals surface area contributed by atoms with E-state index < -0.39 is 5.72 Å². The van der Waals surface area contributed by atoms with Gasteiger partial charge in [0.1, 0.15) is 5.72 Å². The highest BCUT2D eigenvalue weighted by Gasteiger charge is 2.47. The Morgan fingerprint density at radius 2 is 1.32 bits per heavy atom. The van der Waals surface area contributed by atoms with Crippen LogP contribution in [-0.2, 0) is 9.53 Å². The fourth-order valence-corrected chi connectivity index (χ4v) is 4.78. The van der Waals surface area contributed by atoms with E-state index in [-0.39, 0.29) is 23.8 Å². The molecule has 0 N–H and O–H groups in total.